The SMILES string of the molecule is C#CCN1CCC(Nc2ccc(CN(C)C)cc2)CC1. The Bertz CT molecular complexity index is 436. The van der Waals surface area contributed by atoms with E-state index in [4.69, 9.17) is 6.42 Å². The predicted octanol–water partition coefficient (Wildman–Crippen LogP) is 2.26. The summed E-state index contributed by atoms with van der Waals surface area (Å²) >= 11 is 0. The van der Waals surface area contributed by atoms with Crippen LogP contribution in [0.1, 0.15) is 18.4 Å². The highest BCUT2D eigenvalue weighted by molar-refractivity contribution is 5.45. The summed E-state index contributed by atoms with van der Waals surface area (Å²) in [4.78, 5) is 4.53. The van der Waals surface area contributed by atoms with Gasteiger partial charge in [-0.1, -0.05) is 18.1 Å². The van der Waals surface area contributed by atoms with Gasteiger partial charge in [0.05, 0.1) is 6.54 Å². The monoisotopic (exact) mass is 271 g/mol. The first-order chi connectivity index (χ1) is 9.67. The van der Waals surface area contributed by atoms with Gasteiger partial charge in [0.2, 0.25) is 0 Å². The van der Waals surface area contributed by atoms with Crippen LogP contribution >= 0.6 is 0 Å². The molecule has 20 heavy (non-hydrogen) atoms. The summed E-state index contributed by atoms with van der Waals surface area (Å²) < 4.78 is 0. The average molecular weight is 271 g/mol. The summed E-state index contributed by atoms with van der Waals surface area (Å²) in [5.74, 6) is 2.73. The van der Waals surface area contributed by atoms with Crippen molar-refractivity contribution in [3.05, 3.63) is 29.8 Å². The van der Waals surface area contributed by atoms with Gasteiger partial charge in [0.25, 0.3) is 0 Å². The van der Waals surface area contributed by atoms with Crippen LogP contribution < -0.4 is 5.32 Å². The Hall–Kier alpha value is -1.50. The molecule has 0 spiro atoms. The van der Waals surface area contributed by atoms with Gasteiger partial charge in [-0.05, 0) is 44.6 Å². The van der Waals surface area contributed by atoms with Crippen molar-refractivity contribution in [2.45, 2.75) is 25.4 Å². The third kappa shape index (κ3) is 4.56. The van der Waals surface area contributed by atoms with E-state index in [-0.39, 0.29) is 0 Å². The van der Waals surface area contributed by atoms with Gasteiger partial charge in [-0.3, -0.25) is 4.90 Å². The number of nitrogens with zero attached hydrogens (tertiary/aromatic N) is 2. The summed E-state index contributed by atoms with van der Waals surface area (Å²) in [5, 5.41) is 3.63. The lowest BCUT2D eigenvalue weighted by Crippen LogP contribution is -2.39. The summed E-state index contributed by atoms with van der Waals surface area (Å²) in [5.41, 5.74) is 2.58. The van der Waals surface area contributed by atoms with E-state index in [9.17, 15) is 0 Å². The highest BCUT2D eigenvalue weighted by Crippen LogP contribution is 2.17. The molecule has 3 heteroatoms. The molecule has 0 atom stereocenters. The third-order valence-corrected chi connectivity index (χ3v) is 3.73. The van der Waals surface area contributed by atoms with Crippen LogP contribution in [0.15, 0.2) is 24.3 Å². The molecular weight excluding hydrogens is 246 g/mol. The molecule has 1 aromatic rings. The van der Waals surface area contributed by atoms with Crippen LogP contribution in [0.3, 0.4) is 0 Å². The second-order valence-electron chi connectivity index (χ2n) is 5.83. The number of terminal acetylenes is 1. The molecule has 0 aromatic heterocycles. The Morgan fingerprint density at radius 3 is 2.45 bits per heavy atom. The number of likely N-dealkylation sites (tertiary alicyclic amines) is 1. The smallest absolute Gasteiger partial charge is 0.0598 e. The highest BCUT2D eigenvalue weighted by Gasteiger charge is 2.17. The van der Waals surface area contributed by atoms with Crippen molar-refractivity contribution in [3.8, 4) is 12.3 Å². The lowest BCUT2D eigenvalue weighted by atomic mass is 10.0. The van der Waals surface area contributed by atoms with Crippen molar-refractivity contribution in [2.75, 3.05) is 39.0 Å². The first kappa shape index (κ1) is 14.9. The number of nitrogens with one attached hydrogen (secondary N) is 1. The minimum atomic E-state index is 0.573. The summed E-state index contributed by atoms with van der Waals surface area (Å²) in [6, 6.07) is 9.36. The second-order valence-corrected chi connectivity index (χ2v) is 5.83. The van der Waals surface area contributed by atoms with Crippen molar-refractivity contribution >= 4 is 5.69 Å². The second kappa shape index (κ2) is 7.33. The van der Waals surface area contributed by atoms with Crippen LogP contribution in [-0.2, 0) is 6.54 Å². The Morgan fingerprint density at radius 1 is 1.25 bits per heavy atom. The molecule has 0 amide bonds. The topological polar surface area (TPSA) is 18.5 Å². The molecule has 1 aliphatic rings. The molecule has 1 aromatic carbocycles. The van der Waals surface area contributed by atoms with Crippen molar-refractivity contribution in [3.63, 3.8) is 0 Å². The maximum absolute atomic E-state index is 5.36. The largest absolute Gasteiger partial charge is 0.382 e. The molecule has 0 aliphatic carbocycles. The maximum atomic E-state index is 5.36. The predicted molar refractivity (Wildman–Crippen MR) is 85.8 cm³/mol. The van der Waals surface area contributed by atoms with Gasteiger partial charge in [0, 0.05) is 31.4 Å². The molecule has 0 unspecified atom stereocenters. The maximum Gasteiger partial charge on any atom is 0.0598 e. The zero-order chi connectivity index (χ0) is 14.4. The van der Waals surface area contributed by atoms with Gasteiger partial charge in [-0.2, -0.15) is 0 Å². The van der Waals surface area contributed by atoms with E-state index >= 15 is 0 Å². The number of anilines is 1. The average Bonchev–Trinajstić information content (AvgIpc) is 2.43. The first-order valence-electron chi connectivity index (χ1n) is 7.33. The fraction of sp³-hybridized carbons (Fsp3) is 0.529. The number of rotatable bonds is 5. The molecular formula is C17H25N3. The molecule has 0 saturated carbocycles. The number of benzene rings is 1. The summed E-state index contributed by atoms with van der Waals surface area (Å²) in [6.07, 6.45) is 7.69. The Kier molecular flexibility index (Phi) is 5.46. The van der Waals surface area contributed by atoms with Crippen LogP contribution in [-0.4, -0.2) is 49.6 Å². The first-order valence-corrected chi connectivity index (χ1v) is 7.33. The van der Waals surface area contributed by atoms with Crippen LogP contribution in [0.5, 0.6) is 0 Å². The lowest BCUT2D eigenvalue weighted by molar-refractivity contribution is 0.243. The Balaban J connectivity index is 1.81. The molecule has 0 bridgehead atoms. The highest BCUT2D eigenvalue weighted by atomic mass is 15.1. The van der Waals surface area contributed by atoms with Crippen LogP contribution in [0.25, 0.3) is 0 Å². The van der Waals surface area contributed by atoms with E-state index in [1.165, 1.54) is 24.1 Å². The van der Waals surface area contributed by atoms with Crippen LogP contribution in [0.2, 0.25) is 0 Å². The molecule has 2 rings (SSSR count). The third-order valence-electron chi connectivity index (χ3n) is 3.73. The zero-order valence-corrected chi connectivity index (χ0v) is 12.6. The minimum Gasteiger partial charge on any atom is -0.382 e. The molecule has 1 heterocycles. The van der Waals surface area contributed by atoms with Gasteiger partial charge in [-0.15, -0.1) is 6.42 Å². The lowest BCUT2D eigenvalue weighted by Gasteiger charge is -2.31. The molecule has 1 N–H and O–H groups in total. The zero-order valence-electron chi connectivity index (χ0n) is 12.6. The normalized spacial score (nSPS) is 17.1. The molecule has 1 saturated heterocycles. The van der Waals surface area contributed by atoms with E-state index in [1.54, 1.807) is 0 Å². The molecule has 108 valence electrons. The van der Waals surface area contributed by atoms with E-state index in [2.05, 4.69) is 59.4 Å². The molecule has 0 radical (unpaired) electrons. The van der Waals surface area contributed by atoms with E-state index in [1.807, 2.05) is 0 Å². The van der Waals surface area contributed by atoms with E-state index in [0.717, 1.165) is 26.2 Å². The van der Waals surface area contributed by atoms with E-state index < -0.39 is 0 Å². The van der Waals surface area contributed by atoms with Gasteiger partial charge in [0.15, 0.2) is 0 Å². The number of piperidine rings is 1. The quantitative estimate of drug-likeness (QED) is 0.829. The molecule has 1 fully saturated rings. The van der Waals surface area contributed by atoms with Crippen molar-refractivity contribution in [1.82, 2.24) is 9.80 Å². The van der Waals surface area contributed by atoms with Gasteiger partial charge < -0.3 is 10.2 Å². The minimum absolute atomic E-state index is 0.573. The summed E-state index contributed by atoms with van der Waals surface area (Å²) in [7, 11) is 4.19. The van der Waals surface area contributed by atoms with Crippen molar-refractivity contribution < 1.29 is 0 Å². The number of hydrogen-bond donors (Lipinski definition) is 1. The molecule has 1 aliphatic heterocycles. The van der Waals surface area contributed by atoms with Gasteiger partial charge in [-0.25, -0.2) is 0 Å². The number of hydrogen-bond acceptors (Lipinski definition) is 3. The standard InChI is InChI=1S/C17H25N3/c1-4-11-20-12-9-17(10-13-20)18-16-7-5-15(6-8-16)14-19(2)3/h1,5-8,17-18H,9-14H2,2-3H3. The fourth-order valence-electron chi connectivity index (χ4n) is 2.67. The van der Waals surface area contributed by atoms with Gasteiger partial charge >= 0.3 is 0 Å². The van der Waals surface area contributed by atoms with Crippen molar-refractivity contribution in [1.29, 1.82) is 0 Å². The van der Waals surface area contributed by atoms with Crippen LogP contribution in [0.4, 0.5) is 5.69 Å². The van der Waals surface area contributed by atoms with Gasteiger partial charge in [0.1, 0.15) is 0 Å². The van der Waals surface area contributed by atoms with Crippen LogP contribution in [0, 0.1) is 12.3 Å². The Morgan fingerprint density at radius 2 is 1.90 bits per heavy atom. The Labute approximate surface area is 123 Å². The van der Waals surface area contributed by atoms with E-state index in [0.29, 0.717) is 6.04 Å². The van der Waals surface area contributed by atoms with Crippen molar-refractivity contribution in [2.24, 2.45) is 0 Å². The molecule has 3 nitrogen and oxygen atoms in total. The fourth-order valence-corrected chi connectivity index (χ4v) is 2.67. The summed E-state index contributed by atoms with van der Waals surface area (Å²) in [6.45, 7) is 3.97.